The first-order valence-corrected chi connectivity index (χ1v) is 13.2. The molecule has 38 heavy (non-hydrogen) atoms. The average Bonchev–Trinajstić information content (AvgIpc) is 3.23. The average molecular weight is 521 g/mol. The summed E-state index contributed by atoms with van der Waals surface area (Å²) in [6.45, 7) is 3.74. The Morgan fingerprint density at radius 3 is 2.45 bits per heavy atom. The largest absolute Gasteiger partial charge is 0.507 e. The number of nitrogens with zero attached hydrogens (tertiary/aromatic N) is 2. The van der Waals surface area contributed by atoms with Crippen LogP contribution in [-0.2, 0) is 9.53 Å². The third-order valence-corrected chi connectivity index (χ3v) is 7.84. The molecule has 0 saturated heterocycles. The number of carbonyl (C=O) groups is 1. The fourth-order valence-electron chi connectivity index (χ4n) is 5.14. The Labute approximate surface area is 222 Å². The summed E-state index contributed by atoms with van der Waals surface area (Å²) in [7, 11) is 0. The fraction of sp³-hybridized carbons (Fsp3) is 0.129. The van der Waals surface area contributed by atoms with Crippen LogP contribution in [0.1, 0.15) is 31.0 Å². The zero-order valence-electron chi connectivity index (χ0n) is 20.8. The van der Waals surface area contributed by atoms with Gasteiger partial charge in [-0.05, 0) is 53.1 Å². The number of ether oxygens (including phenoxy) is 1. The van der Waals surface area contributed by atoms with Gasteiger partial charge in [0.05, 0.1) is 28.5 Å². The Balaban J connectivity index is 1.65. The lowest BCUT2D eigenvalue weighted by atomic mass is 9.91. The van der Waals surface area contributed by atoms with Gasteiger partial charge in [-0.15, -0.1) is 0 Å². The van der Waals surface area contributed by atoms with Crippen molar-refractivity contribution in [3.05, 3.63) is 121 Å². The molecule has 188 valence electrons. The molecule has 0 unspecified atom stereocenters. The monoisotopic (exact) mass is 520 g/mol. The standard InChI is InChI=1S/C31H24N2O4S/c1-3-37-30(36)27-18(2)32-31-33(28(27)23-14-8-11-19-9-4-6-12-21(19)23)29(35)26(38-31)17-24-22-13-7-5-10-20(22)15-16-25(24)34/h4-17,28,34H,3H2,1-2H3/b26-17-/t28-/m1/s1. The van der Waals surface area contributed by atoms with Crippen molar-refractivity contribution in [3.63, 3.8) is 0 Å². The number of esters is 1. The highest BCUT2D eigenvalue weighted by atomic mass is 32.1. The molecular weight excluding hydrogens is 496 g/mol. The number of hydrogen-bond acceptors (Lipinski definition) is 6. The lowest BCUT2D eigenvalue weighted by molar-refractivity contribution is -0.139. The minimum atomic E-state index is -0.709. The van der Waals surface area contributed by atoms with Gasteiger partial charge in [-0.1, -0.05) is 84.1 Å². The highest BCUT2D eigenvalue weighted by Crippen LogP contribution is 2.35. The number of aromatic nitrogens is 1. The summed E-state index contributed by atoms with van der Waals surface area (Å²) in [6, 6.07) is 24.3. The van der Waals surface area contributed by atoms with E-state index in [1.54, 1.807) is 30.6 Å². The van der Waals surface area contributed by atoms with Crippen molar-refractivity contribution >= 4 is 44.9 Å². The van der Waals surface area contributed by atoms with Gasteiger partial charge in [-0.2, -0.15) is 0 Å². The maximum atomic E-state index is 14.0. The molecule has 6 nitrogen and oxygen atoms in total. The highest BCUT2D eigenvalue weighted by molar-refractivity contribution is 7.07. The van der Waals surface area contributed by atoms with Crippen LogP contribution in [0.5, 0.6) is 5.75 Å². The van der Waals surface area contributed by atoms with Crippen molar-refractivity contribution in [1.82, 2.24) is 4.57 Å². The van der Waals surface area contributed by atoms with Crippen LogP contribution in [0, 0.1) is 0 Å². The molecule has 7 heteroatoms. The SMILES string of the molecule is CCOC(=O)C1=C(C)N=c2s/c(=C\c3c(O)ccc4ccccc34)c(=O)n2[C@@H]1c1cccc2ccccc12. The van der Waals surface area contributed by atoms with Gasteiger partial charge in [0.15, 0.2) is 4.80 Å². The number of hydrogen-bond donors (Lipinski definition) is 1. The molecule has 2 heterocycles. The van der Waals surface area contributed by atoms with Crippen LogP contribution < -0.4 is 14.9 Å². The predicted molar refractivity (Wildman–Crippen MR) is 150 cm³/mol. The Morgan fingerprint density at radius 1 is 1.00 bits per heavy atom. The quantitative estimate of drug-likeness (QED) is 0.345. The van der Waals surface area contributed by atoms with Gasteiger partial charge in [0.2, 0.25) is 0 Å². The lowest BCUT2D eigenvalue weighted by Gasteiger charge is -2.25. The van der Waals surface area contributed by atoms with Gasteiger partial charge in [0.1, 0.15) is 5.75 Å². The van der Waals surface area contributed by atoms with Crippen LogP contribution in [0.4, 0.5) is 0 Å². The zero-order valence-corrected chi connectivity index (χ0v) is 21.7. The first-order valence-electron chi connectivity index (χ1n) is 12.4. The van der Waals surface area contributed by atoms with E-state index in [1.165, 1.54) is 11.3 Å². The van der Waals surface area contributed by atoms with E-state index in [2.05, 4.69) is 4.99 Å². The second-order valence-corrected chi connectivity index (χ2v) is 10.1. The number of benzene rings is 4. The van der Waals surface area contributed by atoms with Gasteiger partial charge < -0.3 is 9.84 Å². The summed E-state index contributed by atoms with van der Waals surface area (Å²) < 4.78 is 7.43. The molecule has 1 aliphatic heterocycles. The maximum absolute atomic E-state index is 14.0. The summed E-state index contributed by atoms with van der Waals surface area (Å²) in [5.74, 6) is -0.406. The number of allylic oxidation sites excluding steroid dienone is 1. The van der Waals surface area contributed by atoms with Crippen molar-refractivity contribution in [2.75, 3.05) is 6.61 Å². The lowest BCUT2D eigenvalue weighted by Crippen LogP contribution is -2.40. The van der Waals surface area contributed by atoms with Crippen LogP contribution in [0.2, 0.25) is 0 Å². The highest BCUT2D eigenvalue weighted by Gasteiger charge is 2.34. The van der Waals surface area contributed by atoms with Crippen LogP contribution >= 0.6 is 11.3 Å². The van der Waals surface area contributed by atoms with Crippen molar-refractivity contribution in [2.24, 2.45) is 4.99 Å². The van der Waals surface area contributed by atoms with Crippen LogP contribution in [0.15, 0.2) is 99.9 Å². The number of carbonyl (C=O) groups excluding carboxylic acids is 1. The third-order valence-electron chi connectivity index (χ3n) is 6.86. The number of aromatic hydroxyl groups is 1. The van der Waals surface area contributed by atoms with E-state index < -0.39 is 12.0 Å². The Bertz CT molecular complexity index is 1960. The Morgan fingerprint density at radius 2 is 1.68 bits per heavy atom. The van der Waals surface area contributed by atoms with Crippen molar-refractivity contribution < 1.29 is 14.6 Å². The van der Waals surface area contributed by atoms with E-state index >= 15 is 0 Å². The molecule has 4 aromatic carbocycles. The van der Waals surface area contributed by atoms with Crippen molar-refractivity contribution in [2.45, 2.75) is 19.9 Å². The van der Waals surface area contributed by atoms with E-state index in [-0.39, 0.29) is 17.9 Å². The first kappa shape index (κ1) is 23.9. The minimum Gasteiger partial charge on any atom is -0.507 e. The van der Waals surface area contributed by atoms with Crippen LogP contribution in [0.3, 0.4) is 0 Å². The molecular formula is C31H24N2O4S. The smallest absolute Gasteiger partial charge is 0.338 e. The molecule has 0 radical (unpaired) electrons. The summed E-state index contributed by atoms with van der Waals surface area (Å²) in [5.41, 5.74) is 1.96. The van der Waals surface area contributed by atoms with Crippen LogP contribution in [0.25, 0.3) is 27.6 Å². The number of phenols is 1. The van der Waals surface area contributed by atoms with Gasteiger partial charge in [0.25, 0.3) is 5.56 Å². The molecule has 0 fully saturated rings. The number of rotatable bonds is 4. The van der Waals surface area contributed by atoms with E-state index in [1.807, 2.05) is 72.8 Å². The fourth-order valence-corrected chi connectivity index (χ4v) is 6.17. The number of phenolic OH excluding ortho intramolecular Hbond substituents is 1. The molecule has 5 aromatic rings. The predicted octanol–water partition coefficient (Wildman–Crippen LogP) is 4.81. The zero-order chi connectivity index (χ0) is 26.4. The topological polar surface area (TPSA) is 80.9 Å². The molecule has 0 saturated carbocycles. The van der Waals surface area contributed by atoms with E-state index in [9.17, 15) is 14.7 Å². The second-order valence-electron chi connectivity index (χ2n) is 9.09. The molecule has 0 bridgehead atoms. The number of fused-ring (bicyclic) bond motifs is 3. The van der Waals surface area contributed by atoms with Gasteiger partial charge in [-0.3, -0.25) is 9.36 Å². The molecule has 0 amide bonds. The summed E-state index contributed by atoms with van der Waals surface area (Å²) in [5, 5.41) is 14.4. The summed E-state index contributed by atoms with van der Waals surface area (Å²) in [6.07, 6.45) is 1.71. The summed E-state index contributed by atoms with van der Waals surface area (Å²) in [4.78, 5) is 32.5. The first-order chi connectivity index (χ1) is 18.5. The van der Waals surface area contributed by atoms with E-state index in [4.69, 9.17) is 4.74 Å². The Kier molecular flexibility index (Phi) is 5.93. The van der Waals surface area contributed by atoms with Gasteiger partial charge in [0, 0.05) is 5.56 Å². The van der Waals surface area contributed by atoms with Crippen molar-refractivity contribution in [1.29, 1.82) is 0 Å². The molecule has 0 spiro atoms. The summed E-state index contributed by atoms with van der Waals surface area (Å²) >= 11 is 1.24. The van der Waals surface area contributed by atoms with Crippen LogP contribution in [-0.4, -0.2) is 22.2 Å². The molecule has 1 aromatic heterocycles. The molecule has 1 atom stereocenters. The normalized spacial score (nSPS) is 15.5. The molecule has 1 N–H and O–H groups in total. The molecule has 6 rings (SSSR count). The van der Waals surface area contributed by atoms with E-state index in [0.717, 1.165) is 27.1 Å². The van der Waals surface area contributed by atoms with E-state index in [0.29, 0.717) is 26.2 Å². The number of thiazole rings is 1. The Hall–Kier alpha value is -4.49. The van der Waals surface area contributed by atoms with Gasteiger partial charge >= 0.3 is 5.97 Å². The minimum absolute atomic E-state index is 0.0866. The molecule has 0 aliphatic carbocycles. The van der Waals surface area contributed by atoms with Crippen molar-refractivity contribution in [3.8, 4) is 5.75 Å². The maximum Gasteiger partial charge on any atom is 0.338 e. The molecule has 1 aliphatic rings. The van der Waals surface area contributed by atoms with Gasteiger partial charge in [-0.25, -0.2) is 9.79 Å². The third kappa shape index (κ3) is 3.83. The second kappa shape index (κ2) is 9.43.